The van der Waals surface area contributed by atoms with E-state index in [0.29, 0.717) is 0 Å². The van der Waals surface area contributed by atoms with Crippen LogP contribution in [0.3, 0.4) is 0 Å². The minimum Gasteiger partial charge on any atom is -0.399 e. The first-order valence-electron chi connectivity index (χ1n) is 6.35. The molecule has 1 heterocycles. The maximum Gasteiger partial charge on any atom is 0.0544 e. The molecular weight excluding hydrogens is 302 g/mol. The molecule has 0 bridgehead atoms. The highest BCUT2D eigenvalue weighted by Crippen LogP contribution is 2.21. The second-order valence-corrected chi connectivity index (χ2v) is 5.33. The van der Waals surface area contributed by atoms with Crippen molar-refractivity contribution in [2.24, 2.45) is 0 Å². The molecule has 0 atom stereocenters. The lowest BCUT2D eigenvalue weighted by atomic mass is 10.2. The maximum absolute atomic E-state index is 5.76. The van der Waals surface area contributed by atoms with Crippen LogP contribution >= 0.6 is 15.9 Å². The molecule has 2 N–H and O–H groups in total. The summed E-state index contributed by atoms with van der Waals surface area (Å²) in [4.78, 5) is 6.72. The number of anilines is 1. The Labute approximate surface area is 122 Å². The van der Waals surface area contributed by atoms with Crippen LogP contribution < -0.4 is 5.73 Å². The van der Waals surface area contributed by atoms with Crippen molar-refractivity contribution >= 4 is 21.6 Å². The summed E-state index contributed by atoms with van der Waals surface area (Å²) >= 11 is 3.57. The summed E-state index contributed by atoms with van der Waals surface area (Å²) in [5, 5.41) is 0. The third kappa shape index (κ3) is 4.04. The van der Waals surface area contributed by atoms with Crippen LogP contribution in [0.2, 0.25) is 0 Å². The maximum atomic E-state index is 5.76. The van der Waals surface area contributed by atoms with E-state index >= 15 is 0 Å². The normalized spacial score (nSPS) is 10.9. The second-order valence-electron chi connectivity index (χ2n) is 4.48. The number of nitrogen functional groups attached to an aromatic ring is 1. The van der Waals surface area contributed by atoms with Crippen LogP contribution in [0.25, 0.3) is 0 Å². The van der Waals surface area contributed by atoms with E-state index in [4.69, 9.17) is 5.73 Å². The van der Waals surface area contributed by atoms with Crippen molar-refractivity contribution in [3.8, 4) is 0 Å². The number of nitrogens with two attached hydrogens (primary N) is 1. The van der Waals surface area contributed by atoms with Gasteiger partial charge in [0.1, 0.15) is 0 Å². The van der Waals surface area contributed by atoms with Crippen molar-refractivity contribution < 1.29 is 0 Å². The van der Waals surface area contributed by atoms with E-state index in [9.17, 15) is 0 Å². The topological polar surface area (TPSA) is 42.2 Å². The molecule has 1 aromatic heterocycles. The van der Waals surface area contributed by atoms with Crippen LogP contribution in [0.15, 0.2) is 47.1 Å². The Balaban J connectivity index is 2.06. The van der Waals surface area contributed by atoms with Gasteiger partial charge >= 0.3 is 0 Å². The first-order valence-corrected chi connectivity index (χ1v) is 7.14. The lowest BCUT2D eigenvalue weighted by Crippen LogP contribution is -2.23. The van der Waals surface area contributed by atoms with Gasteiger partial charge in [-0.3, -0.25) is 9.88 Å². The minimum absolute atomic E-state index is 0.781. The predicted molar refractivity (Wildman–Crippen MR) is 82.6 cm³/mol. The van der Waals surface area contributed by atoms with Gasteiger partial charge in [0.15, 0.2) is 0 Å². The van der Waals surface area contributed by atoms with Gasteiger partial charge in [-0.2, -0.15) is 0 Å². The molecule has 0 radical (unpaired) electrons. The van der Waals surface area contributed by atoms with Crippen LogP contribution in [0.4, 0.5) is 5.69 Å². The fraction of sp³-hybridized carbons (Fsp3) is 0.267. The van der Waals surface area contributed by atoms with E-state index in [1.165, 1.54) is 5.56 Å². The Kier molecular flexibility index (Phi) is 4.93. The highest BCUT2D eigenvalue weighted by Gasteiger charge is 2.08. The number of benzene rings is 1. The average molecular weight is 320 g/mol. The number of hydrogen-bond acceptors (Lipinski definition) is 3. The van der Waals surface area contributed by atoms with Crippen molar-refractivity contribution in [1.82, 2.24) is 9.88 Å². The third-order valence-electron chi connectivity index (χ3n) is 3.03. The van der Waals surface area contributed by atoms with Crippen molar-refractivity contribution in [2.75, 3.05) is 12.3 Å². The average Bonchev–Trinajstić information content (AvgIpc) is 2.42. The molecule has 0 aliphatic carbocycles. The lowest BCUT2D eigenvalue weighted by Gasteiger charge is -2.20. The standard InChI is InChI=1S/C15H18BrN3/c1-2-19(11-14-5-3-4-8-18-14)10-12-6-7-13(17)9-15(12)16/h3-9H,2,10-11,17H2,1H3. The fourth-order valence-corrected chi connectivity index (χ4v) is 2.45. The number of hydrogen-bond donors (Lipinski definition) is 1. The molecule has 0 unspecified atom stereocenters. The summed E-state index contributed by atoms with van der Waals surface area (Å²) < 4.78 is 1.06. The van der Waals surface area contributed by atoms with Crippen molar-refractivity contribution in [3.05, 3.63) is 58.3 Å². The third-order valence-corrected chi connectivity index (χ3v) is 3.77. The zero-order chi connectivity index (χ0) is 13.7. The predicted octanol–water partition coefficient (Wildman–Crippen LogP) is 3.45. The smallest absolute Gasteiger partial charge is 0.0544 e. The van der Waals surface area contributed by atoms with Gasteiger partial charge in [-0.05, 0) is 36.4 Å². The molecule has 0 amide bonds. The molecule has 100 valence electrons. The van der Waals surface area contributed by atoms with E-state index in [-0.39, 0.29) is 0 Å². The molecule has 2 aromatic rings. The minimum atomic E-state index is 0.781. The van der Waals surface area contributed by atoms with E-state index in [1.54, 1.807) is 0 Å². The number of halogens is 1. The first-order chi connectivity index (χ1) is 9.19. The van der Waals surface area contributed by atoms with Gasteiger partial charge in [0, 0.05) is 29.4 Å². The largest absolute Gasteiger partial charge is 0.399 e. The van der Waals surface area contributed by atoms with Gasteiger partial charge in [-0.15, -0.1) is 0 Å². The van der Waals surface area contributed by atoms with Crippen molar-refractivity contribution in [1.29, 1.82) is 0 Å². The Hall–Kier alpha value is -1.39. The summed E-state index contributed by atoms with van der Waals surface area (Å²) in [5.41, 5.74) is 8.88. The van der Waals surface area contributed by atoms with Gasteiger partial charge < -0.3 is 5.73 Å². The Morgan fingerprint density at radius 1 is 1.21 bits per heavy atom. The first kappa shape index (κ1) is 14.0. The molecule has 0 aliphatic heterocycles. The van der Waals surface area contributed by atoms with Crippen molar-refractivity contribution in [3.63, 3.8) is 0 Å². The van der Waals surface area contributed by atoms with Gasteiger partial charge in [0.25, 0.3) is 0 Å². The number of nitrogens with zero attached hydrogens (tertiary/aromatic N) is 2. The number of rotatable bonds is 5. The quantitative estimate of drug-likeness (QED) is 0.858. The monoisotopic (exact) mass is 319 g/mol. The molecule has 4 heteroatoms. The molecule has 0 spiro atoms. The van der Waals surface area contributed by atoms with Crippen LogP contribution in [-0.2, 0) is 13.1 Å². The van der Waals surface area contributed by atoms with E-state index < -0.39 is 0 Å². The Bertz CT molecular complexity index is 528. The van der Waals surface area contributed by atoms with E-state index in [1.807, 2.05) is 30.5 Å². The molecule has 1 aromatic carbocycles. The fourth-order valence-electron chi connectivity index (χ4n) is 1.93. The van der Waals surface area contributed by atoms with E-state index in [2.05, 4.69) is 44.9 Å². The van der Waals surface area contributed by atoms with Crippen LogP contribution in [-0.4, -0.2) is 16.4 Å². The number of aromatic nitrogens is 1. The zero-order valence-corrected chi connectivity index (χ0v) is 12.6. The highest BCUT2D eigenvalue weighted by molar-refractivity contribution is 9.10. The number of pyridine rings is 1. The molecule has 0 saturated carbocycles. The van der Waals surface area contributed by atoms with Gasteiger partial charge in [-0.1, -0.05) is 35.0 Å². The summed E-state index contributed by atoms with van der Waals surface area (Å²) in [5.74, 6) is 0. The molecular formula is C15H18BrN3. The van der Waals surface area contributed by atoms with Crippen LogP contribution in [0, 0.1) is 0 Å². The summed E-state index contributed by atoms with van der Waals surface area (Å²) in [6, 6.07) is 12.0. The van der Waals surface area contributed by atoms with E-state index in [0.717, 1.165) is 35.5 Å². The lowest BCUT2D eigenvalue weighted by molar-refractivity contribution is 0.267. The Morgan fingerprint density at radius 2 is 2.05 bits per heavy atom. The SMILES string of the molecule is CCN(Cc1ccccn1)Cc1ccc(N)cc1Br. The van der Waals surface area contributed by atoms with Gasteiger partial charge in [0.05, 0.1) is 5.69 Å². The van der Waals surface area contributed by atoms with Crippen LogP contribution in [0.5, 0.6) is 0 Å². The highest BCUT2D eigenvalue weighted by atomic mass is 79.9. The molecule has 0 aliphatic rings. The molecule has 19 heavy (non-hydrogen) atoms. The van der Waals surface area contributed by atoms with Crippen molar-refractivity contribution in [2.45, 2.75) is 20.0 Å². The molecule has 0 fully saturated rings. The van der Waals surface area contributed by atoms with Gasteiger partial charge in [0.2, 0.25) is 0 Å². The summed E-state index contributed by atoms with van der Waals surface area (Å²) in [7, 11) is 0. The molecule has 0 saturated heterocycles. The Morgan fingerprint density at radius 3 is 2.68 bits per heavy atom. The van der Waals surface area contributed by atoms with Crippen LogP contribution in [0.1, 0.15) is 18.2 Å². The summed E-state index contributed by atoms with van der Waals surface area (Å²) in [6.45, 7) is 4.88. The van der Waals surface area contributed by atoms with Gasteiger partial charge in [-0.25, -0.2) is 0 Å². The summed E-state index contributed by atoms with van der Waals surface area (Å²) in [6.07, 6.45) is 1.84. The molecule has 2 rings (SSSR count). The second kappa shape index (κ2) is 6.68. The molecule has 3 nitrogen and oxygen atoms in total. The zero-order valence-electron chi connectivity index (χ0n) is 11.0.